The van der Waals surface area contributed by atoms with E-state index in [-0.39, 0.29) is 29.5 Å². The smallest absolute Gasteiger partial charge is 0.286 e. The summed E-state index contributed by atoms with van der Waals surface area (Å²) in [5, 5.41) is 2.19. The molecule has 3 heterocycles. The number of imide groups is 1. The maximum absolute atomic E-state index is 12.7. The molecule has 2 aliphatic rings. The molecular formula is C16H15N3O3S2. The molecule has 1 aromatic carbocycles. The number of para-hydroxylation sites is 1. The molecule has 0 bridgehead atoms. The molecule has 2 unspecified atom stereocenters. The van der Waals surface area contributed by atoms with Crippen LogP contribution in [0.4, 0.5) is 4.79 Å². The minimum atomic E-state index is -0.610. The Hall–Kier alpha value is -1.93. The highest BCUT2D eigenvalue weighted by Crippen LogP contribution is 2.37. The predicted molar refractivity (Wildman–Crippen MR) is 92.8 cm³/mol. The lowest BCUT2D eigenvalue weighted by Crippen LogP contribution is -2.34. The molecular weight excluding hydrogens is 346 g/mol. The summed E-state index contributed by atoms with van der Waals surface area (Å²) in [6, 6.07) is 7.91. The fourth-order valence-electron chi connectivity index (χ4n) is 3.16. The third kappa shape index (κ3) is 2.80. The first kappa shape index (κ1) is 15.6. The molecule has 0 aliphatic carbocycles. The first-order chi connectivity index (χ1) is 11.6. The van der Waals surface area contributed by atoms with E-state index in [1.165, 1.54) is 0 Å². The Morgan fingerprint density at radius 3 is 2.92 bits per heavy atom. The fourth-order valence-corrected chi connectivity index (χ4v) is 5.08. The number of thiazole rings is 1. The van der Waals surface area contributed by atoms with Crippen LogP contribution in [0.1, 0.15) is 30.3 Å². The second-order valence-corrected chi connectivity index (χ2v) is 8.09. The van der Waals surface area contributed by atoms with Crippen molar-refractivity contribution in [2.45, 2.75) is 30.6 Å². The Morgan fingerprint density at radius 2 is 2.17 bits per heavy atom. The number of likely N-dealkylation sites (tertiary alicyclic amines) is 1. The van der Waals surface area contributed by atoms with E-state index in [9.17, 15) is 14.4 Å². The maximum atomic E-state index is 12.7. The van der Waals surface area contributed by atoms with E-state index in [2.05, 4.69) is 10.3 Å². The summed E-state index contributed by atoms with van der Waals surface area (Å²) in [4.78, 5) is 42.1. The van der Waals surface area contributed by atoms with Gasteiger partial charge in [-0.2, -0.15) is 0 Å². The predicted octanol–water partition coefficient (Wildman–Crippen LogP) is 2.70. The van der Waals surface area contributed by atoms with Crippen LogP contribution in [0, 0.1) is 0 Å². The fraction of sp³-hybridized carbons (Fsp3) is 0.375. The number of thioether (sulfide) groups is 1. The molecule has 1 N–H and O–H groups in total. The van der Waals surface area contributed by atoms with Crippen molar-refractivity contribution in [3.05, 3.63) is 29.3 Å². The molecule has 0 saturated carbocycles. The molecule has 2 atom stereocenters. The summed E-state index contributed by atoms with van der Waals surface area (Å²) in [7, 11) is 0. The van der Waals surface area contributed by atoms with Gasteiger partial charge in [-0.25, -0.2) is 4.98 Å². The van der Waals surface area contributed by atoms with Crippen LogP contribution in [-0.4, -0.2) is 38.7 Å². The van der Waals surface area contributed by atoms with Gasteiger partial charge in [0.15, 0.2) is 0 Å². The van der Waals surface area contributed by atoms with Gasteiger partial charge in [0.05, 0.1) is 16.3 Å². The van der Waals surface area contributed by atoms with E-state index < -0.39 is 5.25 Å². The van der Waals surface area contributed by atoms with E-state index in [1.807, 2.05) is 29.2 Å². The second-order valence-electron chi connectivity index (χ2n) is 5.85. The minimum Gasteiger partial charge on any atom is -0.333 e. The first-order valence-corrected chi connectivity index (χ1v) is 9.48. The Balaban J connectivity index is 1.52. The van der Waals surface area contributed by atoms with Crippen LogP contribution in [-0.2, 0) is 9.59 Å². The summed E-state index contributed by atoms with van der Waals surface area (Å²) >= 11 is 2.52. The number of benzene rings is 1. The van der Waals surface area contributed by atoms with Crippen molar-refractivity contribution < 1.29 is 14.4 Å². The van der Waals surface area contributed by atoms with E-state index in [0.29, 0.717) is 6.54 Å². The second kappa shape index (κ2) is 6.18. The molecule has 0 spiro atoms. The average molecular weight is 361 g/mol. The van der Waals surface area contributed by atoms with Gasteiger partial charge in [-0.1, -0.05) is 23.9 Å². The average Bonchev–Trinajstić information content (AvgIpc) is 3.25. The molecule has 2 aliphatic heterocycles. The third-order valence-electron chi connectivity index (χ3n) is 4.30. The Morgan fingerprint density at radius 1 is 1.33 bits per heavy atom. The number of hydrogen-bond acceptors (Lipinski definition) is 6. The zero-order chi connectivity index (χ0) is 16.7. The lowest BCUT2D eigenvalue weighted by Gasteiger charge is -2.23. The number of nitrogens with zero attached hydrogens (tertiary/aromatic N) is 2. The lowest BCUT2D eigenvalue weighted by atomic mass is 10.2. The number of nitrogens with one attached hydrogen (secondary N) is 1. The zero-order valence-corrected chi connectivity index (χ0v) is 14.4. The monoisotopic (exact) mass is 361 g/mol. The number of aromatic nitrogens is 1. The van der Waals surface area contributed by atoms with Crippen LogP contribution in [0.2, 0.25) is 0 Å². The standard InChI is InChI=1S/C16H15N3O3S2/c20-13(8-12-14(21)18-16(22)24-12)19-7-3-5-10(19)15-17-9-4-1-2-6-11(9)23-15/h1-2,4,6,10,12H,3,5,7-8H2,(H,18,21,22). The van der Waals surface area contributed by atoms with E-state index in [0.717, 1.165) is 39.8 Å². The molecule has 2 saturated heterocycles. The SMILES string of the molecule is O=C1NC(=O)C(CC(=O)N2CCCC2c2nc3ccccc3s2)S1. The maximum Gasteiger partial charge on any atom is 0.286 e. The van der Waals surface area contributed by atoms with Crippen LogP contribution in [0.25, 0.3) is 10.2 Å². The molecule has 2 fully saturated rings. The number of amides is 3. The molecule has 4 rings (SSSR count). The number of carbonyl (C=O) groups is 3. The largest absolute Gasteiger partial charge is 0.333 e. The van der Waals surface area contributed by atoms with Crippen LogP contribution in [0.15, 0.2) is 24.3 Å². The summed E-state index contributed by atoms with van der Waals surface area (Å²) in [5.41, 5.74) is 0.952. The van der Waals surface area contributed by atoms with Crippen molar-refractivity contribution in [2.75, 3.05) is 6.54 Å². The molecule has 8 heteroatoms. The molecule has 124 valence electrons. The normalized spacial score (nSPS) is 23.9. The van der Waals surface area contributed by atoms with Gasteiger partial charge in [0.1, 0.15) is 10.3 Å². The van der Waals surface area contributed by atoms with Gasteiger partial charge in [-0.3, -0.25) is 19.7 Å². The van der Waals surface area contributed by atoms with Crippen LogP contribution >= 0.6 is 23.1 Å². The Bertz CT molecular complexity index is 802. The van der Waals surface area contributed by atoms with E-state index in [1.54, 1.807) is 11.3 Å². The zero-order valence-electron chi connectivity index (χ0n) is 12.7. The topological polar surface area (TPSA) is 79.4 Å². The van der Waals surface area contributed by atoms with Gasteiger partial charge in [0.25, 0.3) is 5.24 Å². The van der Waals surface area contributed by atoms with Gasteiger partial charge >= 0.3 is 0 Å². The van der Waals surface area contributed by atoms with E-state index >= 15 is 0 Å². The highest BCUT2D eigenvalue weighted by molar-refractivity contribution is 8.15. The van der Waals surface area contributed by atoms with Crippen molar-refractivity contribution in [3.8, 4) is 0 Å². The van der Waals surface area contributed by atoms with Crippen LogP contribution in [0.3, 0.4) is 0 Å². The van der Waals surface area contributed by atoms with Crippen molar-refractivity contribution in [3.63, 3.8) is 0 Å². The number of rotatable bonds is 3. The molecule has 6 nitrogen and oxygen atoms in total. The summed E-state index contributed by atoms with van der Waals surface area (Å²) < 4.78 is 1.11. The van der Waals surface area contributed by atoms with Crippen molar-refractivity contribution in [2.24, 2.45) is 0 Å². The molecule has 1 aromatic heterocycles. The van der Waals surface area contributed by atoms with Gasteiger partial charge in [0, 0.05) is 13.0 Å². The Labute approximate surface area is 146 Å². The summed E-state index contributed by atoms with van der Waals surface area (Å²) in [6.45, 7) is 0.673. The van der Waals surface area contributed by atoms with Gasteiger partial charge in [0.2, 0.25) is 11.8 Å². The molecule has 2 aromatic rings. The van der Waals surface area contributed by atoms with Gasteiger partial charge in [-0.15, -0.1) is 11.3 Å². The molecule has 24 heavy (non-hydrogen) atoms. The molecule has 0 radical (unpaired) electrons. The van der Waals surface area contributed by atoms with Gasteiger partial charge in [-0.05, 0) is 25.0 Å². The van der Waals surface area contributed by atoms with Crippen LogP contribution in [0.5, 0.6) is 0 Å². The highest BCUT2D eigenvalue weighted by Gasteiger charge is 2.38. The number of hydrogen-bond donors (Lipinski definition) is 1. The van der Waals surface area contributed by atoms with Crippen molar-refractivity contribution >= 4 is 50.4 Å². The quantitative estimate of drug-likeness (QED) is 0.909. The third-order valence-corrected chi connectivity index (χ3v) is 6.41. The van der Waals surface area contributed by atoms with Crippen molar-refractivity contribution in [1.29, 1.82) is 0 Å². The summed E-state index contributed by atoms with van der Waals surface area (Å²) in [6.07, 6.45) is 1.87. The molecule has 3 amide bonds. The van der Waals surface area contributed by atoms with Crippen LogP contribution < -0.4 is 5.32 Å². The minimum absolute atomic E-state index is 0.0277. The highest BCUT2D eigenvalue weighted by atomic mass is 32.2. The first-order valence-electron chi connectivity index (χ1n) is 7.78. The van der Waals surface area contributed by atoms with Gasteiger partial charge < -0.3 is 4.90 Å². The van der Waals surface area contributed by atoms with E-state index in [4.69, 9.17) is 0 Å². The lowest BCUT2D eigenvalue weighted by molar-refractivity contribution is -0.133. The summed E-state index contributed by atoms with van der Waals surface area (Å²) in [5.74, 6) is -0.451. The Kier molecular flexibility index (Phi) is 4.01. The van der Waals surface area contributed by atoms with Crippen molar-refractivity contribution in [1.82, 2.24) is 15.2 Å². The number of fused-ring (bicyclic) bond motifs is 1. The number of carbonyl (C=O) groups excluding carboxylic acids is 3.